The van der Waals surface area contributed by atoms with Gasteiger partial charge in [0.05, 0.1) is 6.26 Å². The average molecular weight is 223 g/mol. The van der Waals surface area contributed by atoms with Crippen LogP contribution in [0.4, 0.5) is 0 Å². The van der Waals surface area contributed by atoms with E-state index in [4.69, 9.17) is 0 Å². The molecule has 14 heavy (non-hydrogen) atoms. The van der Waals surface area contributed by atoms with Crippen molar-refractivity contribution < 1.29 is 18.0 Å². The summed E-state index contributed by atoms with van der Waals surface area (Å²) in [5.74, 6) is -0.536. The lowest BCUT2D eigenvalue weighted by atomic mass is 10.2. The molecule has 0 unspecified atom stereocenters. The van der Waals surface area contributed by atoms with Gasteiger partial charge in [-0.2, -0.15) is 0 Å². The molecule has 0 amide bonds. The Morgan fingerprint density at radius 1 is 1.29 bits per heavy atom. The van der Waals surface area contributed by atoms with Crippen molar-refractivity contribution in [3.05, 3.63) is 0 Å². The van der Waals surface area contributed by atoms with Gasteiger partial charge >= 0.3 is 5.97 Å². The van der Waals surface area contributed by atoms with Gasteiger partial charge in [-0.15, -0.1) is 0 Å². The van der Waals surface area contributed by atoms with Crippen LogP contribution < -0.4 is 4.89 Å². The third kappa shape index (κ3) is 9.47. The molecule has 0 spiro atoms. The minimum Gasteiger partial charge on any atom is -0.356 e. The van der Waals surface area contributed by atoms with Gasteiger partial charge in [0, 0.05) is 6.42 Å². The monoisotopic (exact) mass is 223 g/mol. The Morgan fingerprint density at radius 3 is 2.43 bits per heavy atom. The molecule has 0 fully saturated rings. The molecule has 0 aromatic rings. The van der Waals surface area contributed by atoms with Crippen LogP contribution in [0.25, 0.3) is 0 Å². The summed E-state index contributed by atoms with van der Waals surface area (Å²) in [4.78, 5) is 16.9. The van der Waals surface area contributed by atoms with Crippen LogP contribution >= 0.6 is 0 Å². The highest BCUT2D eigenvalue weighted by Gasteiger charge is 2.06. The lowest BCUT2D eigenvalue weighted by molar-refractivity contribution is -0.147. The summed E-state index contributed by atoms with van der Waals surface area (Å²) in [7, 11) is -3.45. The van der Waals surface area contributed by atoms with E-state index in [0.717, 1.165) is 31.9 Å². The summed E-state index contributed by atoms with van der Waals surface area (Å²) in [5.41, 5.74) is 0. The van der Waals surface area contributed by atoms with E-state index in [1.165, 1.54) is 0 Å². The largest absolute Gasteiger partial charge is 0.356 e. The molecule has 0 aliphatic heterocycles. The number of rotatable bonds is 7. The second-order valence-corrected chi connectivity index (χ2v) is 4.85. The van der Waals surface area contributed by atoms with Crippen LogP contribution in [-0.4, -0.2) is 20.6 Å². The molecule has 84 valence electrons. The van der Waals surface area contributed by atoms with Crippen molar-refractivity contribution in [2.45, 2.75) is 39.0 Å². The number of hydrogen-bond donors (Lipinski definition) is 1. The maximum Gasteiger partial charge on any atom is 0.326 e. The van der Waals surface area contributed by atoms with Gasteiger partial charge < -0.3 is 4.84 Å². The van der Waals surface area contributed by atoms with E-state index >= 15 is 0 Å². The van der Waals surface area contributed by atoms with Crippen molar-refractivity contribution in [2.75, 3.05) is 6.26 Å². The molecular formula is C8H17NO4S. The van der Waals surface area contributed by atoms with Gasteiger partial charge in [0.25, 0.3) is 0 Å². The first kappa shape index (κ1) is 13.4. The van der Waals surface area contributed by atoms with E-state index in [1.807, 2.05) is 0 Å². The molecule has 0 radical (unpaired) electrons. The van der Waals surface area contributed by atoms with Gasteiger partial charge in [-0.25, -0.2) is 8.42 Å². The van der Waals surface area contributed by atoms with Gasteiger partial charge in [0.15, 0.2) is 0 Å². The number of unbranched alkanes of at least 4 members (excludes halogenated alkanes) is 3. The summed E-state index contributed by atoms with van der Waals surface area (Å²) < 4.78 is 21.0. The predicted octanol–water partition coefficient (Wildman–Crippen LogP) is 0.964. The highest BCUT2D eigenvalue weighted by atomic mass is 32.2. The molecule has 0 aromatic carbocycles. The van der Waals surface area contributed by atoms with Gasteiger partial charge in [-0.1, -0.05) is 26.2 Å². The van der Waals surface area contributed by atoms with Gasteiger partial charge in [0.2, 0.25) is 10.0 Å². The first-order valence-electron chi connectivity index (χ1n) is 4.62. The number of carbonyl (C=O) groups excluding carboxylic acids is 1. The van der Waals surface area contributed by atoms with Crippen LogP contribution in [0.2, 0.25) is 0 Å². The molecule has 0 aromatic heterocycles. The number of hydrogen-bond acceptors (Lipinski definition) is 4. The van der Waals surface area contributed by atoms with Crippen LogP contribution in [0, 0.1) is 0 Å². The lowest BCUT2D eigenvalue weighted by Crippen LogP contribution is -2.25. The van der Waals surface area contributed by atoms with Crippen molar-refractivity contribution in [1.82, 2.24) is 4.89 Å². The van der Waals surface area contributed by atoms with Gasteiger partial charge in [-0.3, -0.25) is 4.79 Å². The second kappa shape index (κ2) is 6.78. The van der Waals surface area contributed by atoms with Crippen molar-refractivity contribution in [2.24, 2.45) is 0 Å². The van der Waals surface area contributed by atoms with Crippen LogP contribution in [0.5, 0.6) is 0 Å². The summed E-state index contributed by atoms with van der Waals surface area (Å²) in [6.45, 7) is 2.07. The van der Waals surface area contributed by atoms with Gasteiger partial charge in [0.1, 0.15) is 0 Å². The van der Waals surface area contributed by atoms with Crippen LogP contribution in [-0.2, 0) is 19.7 Å². The van der Waals surface area contributed by atoms with E-state index < -0.39 is 16.0 Å². The third-order valence-corrected chi connectivity index (χ3v) is 1.93. The zero-order valence-corrected chi connectivity index (χ0v) is 9.39. The first-order valence-corrected chi connectivity index (χ1v) is 6.51. The Kier molecular flexibility index (Phi) is 6.48. The molecule has 6 heteroatoms. The van der Waals surface area contributed by atoms with Crippen molar-refractivity contribution in [3.63, 3.8) is 0 Å². The fourth-order valence-electron chi connectivity index (χ4n) is 0.869. The minimum atomic E-state index is -3.45. The number of sulfonamides is 1. The molecule has 0 aliphatic carbocycles. The maximum atomic E-state index is 10.9. The standard InChI is InChI=1S/C8H17NO4S/c1-3-4-5-6-7-8(10)13-9-14(2,11)12/h9H,3-7H2,1-2H3. The maximum absolute atomic E-state index is 10.9. The van der Waals surface area contributed by atoms with Crippen molar-refractivity contribution in [1.29, 1.82) is 0 Å². The zero-order chi connectivity index (χ0) is 11.0. The summed E-state index contributed by atoms with van der Waals surface area (Å²) in [6, 6.07) is 0. The van der Waals surface area contributed by atoms with Crippen molar-refractivity contribution >= 4 is 16.0 Å². The topological polar surface area (TPSA) is 72.5 Å². The molecule has 0 bridgehead atoms. The van der Waals surface area contributed by atoms with E-state index in [9.17, 15) is 13.2 Å². The Labute approximate surface area is 84.8 Å². The summed E-state index contributed by atoms with van der Waals surface area (Å²) >= 11 is 0. The first-order chi connectivity index (χ1) is 6.45. The second-order valence-electron chi connectivity index (χ2n) is 3.14. The average Bonchev–Trinajstić information content (AvgIpc) is 2.08. The molecular weight excluding hydrogens is 206 g/mol. The molecule has 1 N–H and O–H groups in total. The molecule has 0 saturated carbocycles. The molecule has 0 aliphatic rings. The minimum absolute atomic E-state index is 0.252. The fraction of sp³-hybridized carbons (Fsp3) is 0.875. The predicted molar refractivity (Wildman–Crippen MR) is 52.8 cm³/mol. The summed E-state index contributed by atoms with van der Waals surface area (Å²) in [5, 5.41) is 0. The highest BCUT2D eigenvalue weighted by Crippen LogP contribution is 2.02. The number of nitrogens with one attached hydrogen (secondary N) is 1. The Balaban J connectivity index is 3.47. The molecule has 0 saturated heterocycles. The fourth-order valence-corrected chi connectivity index (χ4v) is 1.11. The summed E-state index contributed by atoms with van der Waals surface area (Å²) in [6.07, 6.45) is 5.05. The van der Waals surface area contributed by atoms with Crippen LogP contribution in [0.3, 0.4) is 0 Å². The zero-order valence-electron chi connectivity index (χ0n) is 8.58. The lowest BCUT2D eigenvalue weighted by Gasteiger charge is -2.02. The Morgan fingerprint density at radius 2 is 1.93 bits per heavy atom. The SMILES string of the molecule is CCCCCCC(=O)ONS(C)(=O)=O. The van der Waals surface area contributed by atoms with E-state index in [-0.39, 0.29) is 6.42 Å². The number of carbonyl (C=O) groups is 1. The molecule has 0 heterocycles. The molecule has 5 nitrogen and oxygen atoms in total. The Hall–Kier alpha value is -0.620. The molecule has 0 rings (SSSR count). The highest BCUT2D eigenvalue weighted by molar-refractivity contribution is 7.88. The van der Waals surface area contributed by atoms with Crippen LogP contribution in [0.15, 0.2) is 0 Å². The van der Waals surface area contributed by atoms with Crippen molar-refractivity contribution in [3.8, 4) is 0 Å². The molecule has 0 atom stereocenters. The Bertz CT molecular complexity index is 261. The third-order valence-electron chi connectivity index (χ3n) is 1.54. The normalized spacial score (nSPS) is 11.3. The van der Waals surface area contributed by atoms with E-state index in [1.54, 1.807) is 4.89 Å². The van der Waals surface area contributed by atoms with E-state index in [2.05, 4.69) is 11.8 Å². The van der Waals surface area contributed by atoms with E-state index in [0.29, 0.717) is 0 Å². The quantitative estimate of drug-likeness (QED) is 0.515. The smallest absolute Gasteiger partial charge is 0.326 e. The van der Waals surface area contributed by atoms with Gasteiger partial charge in [-0.05, 0) is 11.3 Å². The van der Waals surface area contributed by atoms with Crippen LogP contribution in [0.1, 0.15) is 39.0 Å².